The predicted molar refractivity (Wildman–Crippen MR) is 79.9 cm³/mol. The van der Waals surface area contributed by atoms with E-state index in [0.717, 1.165) is 11.6 Å². The summed E-state index contributed by atoms with van der Waals surface area (Å²) in [6.07, 6.45) is -3.82. The zero-order valence-electron chi connectivity index (χ0n) is 11.9. The molecule has 22 heavy (non-hydrogen) atoms. The van der Waals surface area contributed by atoms with Crippen molar-refractivity contribution < 1.29 is 18.0 Å². The third kappa shape index (κ3) is 3.78. The Morgan fingerprint density at radius 2 is 1.50 bits per heavy atom. The molecule has 0 saturated carbocycles. The normalized spacial score (nSPS) is 11.1. The van der Waals surface area contributed by atoms with Gasteiger partial charge in [0.2, 0.25) is 0 Å². The molecule has 0 atom stereocenters. The van der Waals surface area contributed by atoms with E-state index >= 15 is 0 Å². The van der Waals surface area contributed by atoms with Gasteiger partial charge in [-0.25, -0.2) is 4.79 Å². The lowest BCUT2D eigenvalue weighted by Crippen LogP contribution is -2.22. The molecule has 0 aliphatic carbocycles. The molecule has 0 aliphatic rings. The second kappa shape index (κ2) is 6.51. The molecule has 0 bridgehead atoms. The van der Waals surface area contributed by atoms with E-state index in [1.807, 2.05) is 19.1 Å². The zero-order chi connectivity index (χ0) is 16.2. The minimum Gasteiger partial charge on any atom is -0.307 e. The second-order valence-electron chi connectivity index (χ2n) is 4.63. The van der Waals surface area contributed by atoms with Crippen LogP contribution in [0.15, 0.2) is 48.5 Å². The topological polar surface area (TPSA) is 41.1 Å². The Bertz CT molecular complexity index is 668. The lowest BCUT2D eigenvalue weighted by atomic mass is 10.1. The maximum Gasteiger partial charge on any atom is 0.418 e. The highest BCUT2D eigenvalue weighted by atomic mass is 19.4. The number of hydrogen-bond acceptors (Lipinski definition) is 1. The smallest absolute Gasteiger partial charge is 0.307 e. The van der Waals surface area contributed by atoms with Crippen molar-refractivity contribution >= 4 is 17.4 Å². The van der Waals surface area contributed by atoms with Crippen molar-refractivity contribution in [2.45, 2.75) is 19.5 Å². The number of amides is 2. The summed E-state index contributed by atoms with van der Waals surface area (Å²) < 4.78 is 38.6. The fraction of sp³-hybridized carbons (Fsp3) is 0.188. The molecule has 0 saturated heterocycles. The summed E-state index contributed by atoms with van der Waals surface area (Å²) in [7, 11) is 0. The lowest BCUT2D eigenvalue weighted by molar-refractivity contribution is -0.136. The van der Waals surface area contributed by atoms with Crippen LogP contribution in [0.2, 0.25) is 0 Å². The molecule has 116 valence electrons. The van der Waals surface area contributed by atoms with Crippen molar-refractivity contribution in [1.29, 1.82) is 0 Å². The van der Waals surface area contributed by atoms with Gasteiger partial charge in [-0.2, -0.15) is 13.2 Å². The van der Waals surface area contributed by atoms with Crippen LogP contribution in [0.25, 0.3) is 0 Å². The van der Waals surface area contributed by atoms with Gasteiger partial charge in [-0.1, -0.05) is 37.3 Å². The van der Waals surface area contributed by atoms with E-state index in [1.165, 1.54) is 18.2 Å². The number of halogens is 3. The van der Waals surface area contributed by atoms with Crippen molar-refractivity contribution in [2.75, 3.05) is 10.6 Å². The van der Waals surface area contributed by atoms with E-state index in [9.17, 15) is 18.0 Å². The molecule has 2 aromatic carbocycles. The molecule has 2 rings (SSSR count). The first kappa shape index (κ1) is 15.9. The Hall–Kier alpha value is -2.50. The molecular formula is C16H15F3N2O. The van der Waals surface area contributed by atoms with Crippen LogP contribution in [0, 0.1) is 0 Å². The summed E-state index contributed by atoms with van der Waals surface area (Å²) in [6, 6.07) is 11.3. The molecule has 0 spiro atoms. The highest BCUT2D eigenvalue weighted by Gasteiger charge is 2.33. The molecule has 0 fully saturated rings. The largest absolute Gasteiger partial charge is 0.418 e. The Morgan fingerprint density at radius 3 is 2.14 bits per heavy atom. The molecule has 2 amide bonds. The Labute approximate surface area is 126 Å². The number of carbonyl (C=O) groups excluding carboxylic acids is 1. The minimum atomic E-state index is -4.52. The highest BCUT2D eigenvalue weighted by molar-refractivity contribution is 6.00. The van der Waals surface area contributed by atoms with Crippen molar-refractivity contribution in [1.82, 2.24) is 0 Å². The van der Waals surface area contributed by atoms with Crippen molar-refractivity contribution in [2.24, 2.45) is 0 Å². The summed E-state index contributed by atoms with van der Waals surface area (Å²) in [5, 5.41) is 4.82. The van der Waals surface area contributed by atoms with Gasteiger partial charge in [-0.05, 0) is 30.2 Å². The molecule has 0 aliphatic heterocycles. The number of aryl methyl sites for hydroxylation is 1. The van der Waals surface area contributed by atoms with Gasteiger partial charge in [0.1, 0.15) is 0 Å². The number of benzene rings is 2. The van der Waals surface area contributed by atoms with E-state index in [4.69, 9.17) is 0 Å². The maximum absolute atomic E-state index is 12.9. The average molecular weight is 308 g/mol. The van der Waals surface area contributed by atoms with Gasteiger partial charge >= 0.3 is 12.2 Å². The Kier molecular flexibility index (Phi) is 4.70. The highest BCUT2D eigenvalue weighted by Crippen LogP contribution is 2.34. The minimum absolute atomic E-state index is 0.276. The maximum atomic E-state index is 12.9. The molecule has 3 nitrogen and oxygen atoms in total. The van der Waals surface area contributed by atoms with Crippen molar-refractivity contribution in [3.8, 4) is 0 Å². The van der Waals surface area contributed by atoms with Crippen LogP contribution in [0.1, 0.15) is 18.1 Å². The average Bonchev–Trinajstić information content (AvgIpc) is 2.47. The number of hydrogen-bond donors (Lipinski definition) is 2. The van der Waals surface area contributed by atoms with E-state index in [1.54, 1.807) is 12.1 Å². The van der Waals surface area contributed by atoms with Crippen LogP contribution in [0.3, 0.4) is 0 Å². The van der Waals surface area contributed by atoms with Gasteiger partial charge in [0.15, 0.2) is 0 Å². The van der Waals surface area contributed by atoms with Crippen LogP contribution in [0.4, 0.5) is 29.3 Å². The third-order valence-corrected chi connectivity index (χ3v) is 3.13. The van der Waals surface area contributed by atoms with Crippen molar-refractivity contribution in [3.05, 3.63) is 59.7 Å². The number of anilines is 2. The standard InChI is InChI=1S/C16H15F3N2O/c1-2-11-7-3-5-9-13(11)20-15(22)21-14-10-6-4-8-12(14)16(17,18)19/h3-10H,2H2,1H3,(H2,20,21,22). The Morgan fingerprint density at radius 1 is 0.955 bits per heavy atom. The summed E-state index contributed by atoms with van der Waals surface area (Å²) in [4.78, 5) is 11.9. The molecule has 0 radical (unpaired) electrons. The monoisotopic (exact) mass is 308 g/mol. The zero-order valence-corrected chi connectivity index (χ0v) is 11.9. The van der Waals surface area contributed by atoms with Gasteiger partial charge < -0.3 is 10.6 Å². The third-order valence-electron chi connectivity index (χ3n) is 3.13. The number of carbonyl (C=O) groups is 1. The number of rotatable bonds is 3. The molecule has 2 aromatic rings. The summed E-state index contributed by atoms with van der Waals surface area (Å²) in [5.41, 5.74) is 0.323. The van der Waals surface area contributed by atoms with Crippen molar-refractivity contribution in [3.63, 3.8) is 0 Å². The van der Waals surface area contributed by atoms with E-state index in [-0.39, 0.29) is 5.69 Å². The Balaban J connectivity index is 2.17. The number of urea groups is 1. The van der Waals surface area contributed by atoms with Crippen LogP contribution >= 0.6 is 0 Å². The fourth-order valence-electron chi connectivity index (χ4n) is 2.07. The predicted octanol–water partition coefficient (Wildman–Crippen LogP) is 4.91. The second-order valence-corrected chi connectivity index (χ2v) is 4.63. The van der Waals surface area contributed by atoms with E-state index < -0.39 is 17.8 Å². The molecule has 0 heterocycles. The number of para-hydroxylation sites is 2. The van der Waals surface area contributed by atoms with E-state index in [0.29, 0.717) is 12.1 Å². The first-order valence-corrected chi connectivity index (χ1v) is 6.74. The fourth-order valence-corrected chi connectivity index (χ4v) is 2.07. The molecule has 2 N–H and O–H groups in total. The van der Waals surface area contributed by atoms with Crippen LogP contribution in [-0.2, 0) is 12.6 Å². The molecular weight excluding hydrogens is 293 g/mol. The first-order chi connectivity index (χ1) is 10.4. The van der Waals surface area contributed by atoms with Crippen LogP contribution in [-0.4, -0.2) is 6.03 Å². The molecule has 0 unspecified atom stereocenters. The van der Waals surface area contributed by atoms with Crippen LogP contribution < -0.4 is 10.6 Å². The lowest BCUT2D eigenvalue weighted by Gasteiger charge is -2.15. The first-order valence-electron chi connectivity index (χ1n) is 6.74. The van der Waals surface area contributed by atoms with Crippen LogP contribution in [0.5, 0.6) is 0 Å². The van der Waals surface area contributed by atoms with Gasteiger partial charge in [-0.15, -0.1) is 0 Å². The SMILES string of the molecule is CCc1ccccc1NC(=O)Nc1ccccc1C(F)(F)F. The molecule has 0 aromatic heterocycles. The van der Waals surface area contributed by atoms with Gasteiger partial charge in [-0.3, -0.25) is 0 Å². The number of alkyl halides is 3. The number of nitrogens with one attached hydrogen (secondary N) is 2. The van der Waals surface area contributed by atoms with Gasteiger partial charge in [0.05, 0.1) is 11.3 Å². The molecule has 6 heteroatoms. The quantitative estimate of drug-likeness (QED) is 0.831. The summed E-state index contributed by atoms with van der Waals surface area (Å²) in [6.45, 7) is 1.93. The summed E-state index contributed by atoms with van der Waals surface area (Å²) >= 11 is 0. The van der Waals surface area contributed by atoms with Gasteiger partial charge in [0.25, 0.3) is 0 Å². The van der Waals surface area contributed by atoms with Gasteiger partial charge in [0, 0.05) is 5.69 Å². The summed E-state index contributed by atoms with van der Waals surface area (Å²) in [5.74, 6) is 0. The van der Waals surface area contributed by atoms with E-state index in [2.05, 4.69) is 10.6 Å².